The lowest BCUT2D eigenvalue weighted by molar-refractivity contribution is -0.141. The Kier molecular flexibility index (Phi) is 17.6. The molecule has 58 heavy (non-hydrogen) atoms. The largest absolute Gasteiger partial charge is 0.481 e. The zero-order chi connectivity index (χ0) is 43.3. The van der Waals surface area contributed by atoms with Crippen molar-refractivity contribution < 1.29 is 66.9 Å². The van der Waals surface area contributed by atoms with Crippen LogP contribution in [-0.2, 0) is 54.4 Å². The van der Waals surface area contributed by atoms with Crippen molar-refractivity contribution in [3.63, 3.8) is 0 Å². The van der Waals surface area contributed by atoms with Gasteiger partial charge in [-0.3, -0.25) is 47.9 Å². The normalized spacial score (nSPS) is 26.5. The Morgan fingerprint density at radius 1 is 0.776 bits per heavy atom. The Balaban J connectivity index is 1.93. The zero-order valence-electron chi connectivity index (χ0n) is 30.4. The summed E-state index contributed by atoms with van der Waals surface area (Å²) < 4.78 is 27.7. The maximum Gasteiger partial charge on any atom is 0.305 e. The number of benzene rings is 1. The summed E-state index contributed by atoms with van der Waals surface area (Å²) in [7, 11) is 1.83. The van der Waals surface area contributed by atoms with Gasteiger partial charge in [-0.2, -0.15) is 0 Å². The smallest absolute Gasteiger partial charge is 0.305 e. The number of carboxylic acid groups (broad SMARTS) is 1. The molecule has 2 heterocycles. The van der Waals surface area contributed by atoms with Crippen molar-refractivity contribution in [2.45, 2.75) is 68.0 Å². The molecule has 9 amide bonds. The van der Waals surface area contributed by atoms with Gasteiger partial charge in [0.15, 0.2) is 11.6 Å². The van der Waals surface area contributed by atoms with Crippen molar-refractivity contribution in [1.82, 2.24) is 36.8 Å². The maximum absolute atomic E-state index is 14.0. The van der Waals surface area contributed by atoms with Crippen LogP contribution in [0.4, 0.5) is 8.78 Å². The molecule has 1 aromatic rings. The lowest BCUT2D eigenvalue weighted by atomic mass is 10.0. The van der Waals surface area contributed by atoms with E-state index >= 15 is 0 Å². The first-order valence-electron chi connectivity index (χ1n) is 17.2. The predicted molar refractivity (Wildman–Crippen MR) is 198 cm³/mol. The first-order valence-corrected chi connectivity index (χ1v) is 19.7. The minimum absolute atomic E-state index is 0.00242. The van der Waals surface area contributed by atoms with Gasteiger partial charge >= 0.3 is 5.97 Å². The van der Waals surface area contributed by atoms with Crippen LogP contribution in [0.5, 0.6) is 0 Å². The highest BCUT2D eigenvalue weighted by molar-refractivity contribution is 8.76. The first-order chi connectivity index (χ1) is 27.2. The number of halogens is 2. The topological polar surface area (TPSA) is 365 Å². The van der Waals surface area contributed by atoms with Crippen LogP contribution in [0, 0.1) is 11.6 Å². The van der Waals surface area contributed by atoms with E-state index in [-0.39, 0.29) is 23.5 Å². The van der Waals surface area contributed by atoms with Gasteiger partial charge in [-0.15, -0.1) is 0 Å². The fraction of sp³-hybridized carbons (Fsp3) is 0.500. The van der Waals surface area contributed by atoms with Crippen molar-refractivity contribution in [2.24, 2.45) is 17.2 Å². The number of aliphatic carboxylic acids is 1. The summed E-state index contributed by atoms with van der Waals surface area (Å²) in [5.41, 5.74) is 16.6. The monoisotopic (exact) mass is 860 g/mol. The lowest BCUT2D eigenvalue weighted by Crippen LogP contribution is -2.58. The molecule has 2 saturated heterocycles. The number of carbonyl (C=O) groups is 10. The molecule has 2 aliphatic rings. The van der Waals surface area contributed by atoms with Crippen LogP contribution in [0.2, 0.25) is 0 Å². The molecule has 2 fully saturated rings. The van der Waals surface area contributed by atoms with Crippen molar-refractivity contribution in [2.75, 3.05) is 31.1 Å². The van der Waals surface area contributed by atoms with Crippen LogP contribution in [0.15, 0.2) is 18.2 Å². The molecule has 22 nitrogen and oxygen atoms in total. The fourth-order valence-corrected chi connectivity index (χ4v) is 7.79. The molecule has 1 aromatic carbocycles. The average Bonchev–Trinajstić information content (AvgIpc) is 3.55. The van der Waals surface area contributed by atoms with E-state index in [0.717, 1.165) is 44.7 Å². The molecular weight excluding hydrogens is 819 g/mol. The second-order valence-corrected chi connectivity index (χ2v) is 15.5. The van der Waals surface area contributed by atoms with Gasteiger partial charge < -0.3 is 64.2 Å². The molecule has 0 radical (unpaired) electrons. The van der Waals surface area contributed by atoms with Gasteiger partial charge in [-0.1, -0.05) is 27.7 Å². The SMILES string of the molecule is NC(=O)C[C@@H]1NC(=O)[C@@H]2C[C@@H](O)CN2C(=O)CNC(=O)[C@H](Cc2ccc(F)c(F)c2)NC(=O)CNC(=O)[C@@H](CC(=O)O)NC(=O)[C@H](N)CSSC[C@H](C(N)=O)NC1=O. The van der Waals surface area contributed by atoms with E-state index in [2.05, 4.69) is 31.9 Å². The van der Waals surface area contributed by atoms with Gasteiger partial charge in [0.25, 0.3) is 0 Å². The fourth-order valence-electron chi connectivity index (χ4n) is 5.49. The van der Waals surface area contributed by atoms with Crippen LogP contribution < -0.4 is 49.1 Å². The summed E-state index contributed by atoms with van der Waals surface area (Å²) in [5, 5.41) is 33.1. The van der Waals surface area contributed by atoms with Crippen LogP contribution in [0.1, 0.15) is 24.8 Å². The number of hydrogen-bond acceptors (Lipinski definition) is 14. The minimum atomic E-state index is -1.75. The lowest BCUT2D eigenvalue weighted by Gasteiger charge is -2.27. The van der Waals surface area contributed by atoms with E-state index in [1.165, 1.54) is 0 Å². The van der Waals surface area contributed by atoms with Crippen molar-refractivity contribution in [3.05, 3.63) is 35.4 Å². The van der Waals surface area contributed by atoms with Gasteiger partial charge in [-0.25, -0.2) is 8.78 Å². The highest BCUT2D eigenvalue weighted by Gasteiger charge is 2.41. The number of aliphatic hydroxyl groups is 1. The number of nitrogens with two attached hydrogens (primary N) is 3. The third-order valence-electron chi connectivity index (χ3n) is 8.43. The third kappa shape index (κ3) is 14.4. The van der Waals surface area contributed by atoms with Crippen molar-refractivity contribution in [3.8, 4) is 0 Å². The molecule has 3 rings (SSSR count). The highest BCUT2D eigenvalue weighted by Crippen LogP contribution is 2.23. The second kappa shape index (κ2) is 21.8. The minimum Gasteiger partial charge on any atom is -0.481 e. The van der Waals surface area contributed by atoms with Crippen LogP contribution in [-0.4, -0.2) is 148 Å². The van der Waals surface area contributed by atoms with E-state index in [9.17, 15) is 66.9 Å². The van der Waals surface area contributed by atoms with Crippen LogP contribution >= 0.6 is 21.6 Å². The van der Waals surface area contributed by atoms with E-state index in [1.807, 2.05) is 0 Å². The van der Waals surface area contributed by atoms with Crippen molar-refractivity contribution >= 4 is 80.7 Å². The number of fused-ring (bicyclic) bond motifs is 1. The Morgan fingerprint density at radius 2 is 1.40 bits per heavy atom. The van der Waals surface area contributed by atoms with E-state index < -0.39 is 152 Å². The Morgan fingerprint density at radius 3 is 2.03 bits per heavy atom. The molecule has 318 valence electrons. The van der Waals surface area contributed by atoms with Gasteiger partial charge in [0.2, 0.25) is 53.2 Å². The molecule has 26 heteroatoms. The zero-order valence-corrected chi connectivity index (χ0v) is 32.0. The molecule has 0 unspecified atom stereocenters. The number of amides is 9. The Hall–Kier alpha value is -5.60. The van der Waals surface area contributed by atoms with E-state index in [1.54, 1.807) is 0 Å². The first kappa shape index (κ1) is 46.8. The third-order valence-corrected chi connectivity index (χ3v) is 10.9. The molecule has 0 aliphatic carbocycles. The molecule has 0 spiro atoms. The molecule has 0 saturated carbocycles. The van der Waals surface area contributed by atoms with Gasteiger partial charge in [0.05, 0.1) is 38.1 Å². The molecular formula is C32H42F2N10O12S2. The predicted octanol–water partition coefficient (Wildman–Crippen LogP) is -5.80. The van der Waals surface area contributed by atoms with Crippen molar-refractivity contribution in [1.29, 1.82) is 0 Å². The van der Waals surface area contributed by atoms with E-state index in [0.29, 0.717) is 0 Å². The second-order valence-electron chi connectivity index (χ2n) is 13.0. The molecule has 7 atom stereocenters. The summed E-state index contributed by atoms with van der Waals surface area (Å²) >= 11 is 0. The average molecular weight is 861 g/mol. The number of carboxylic acids is 1. The summed E-state index contributed by atoms with van der Waals surface area (Å²) in [6.07, 6.45) is -3.82. The van der Waals surface area contributed by atoms with Crippen LogP contribution in [0.25, 0.3) is 0 Å². The molecule has 14 N–H and O–H groups in total. The van der Waals surface area contributed by atoms with Gasteiger partial charge in [0.1, 0.15) is 30.2 Å². The molecule has 2 aliphatic heterocycles. The number of hydrogen-bond donors (Lipinski definition) is 11. The highest BCUT2D eigenvalue weighted by atomic mass is 33.1. The summed E-state index contributed by atoms with van der Waals surface area (Å²) in [4.78, 5) is 128. The number of nitrogens with one attached hydrogen (secondary N) is 6. The van der Waals surface area contributed by atoms with E-state index in [4.69, 9.17) is 17.2 Å². The summed E-state index contributed by atoms with van der Waals surface area (Å²) in [6, 6.07) is -6.69. The number of nitrogens with zero attached hydrogens (tertiary/aromatic N) is 1. The Bertz CT molecular complexity index is 1800. The molecule has 0 aromatic heterocycles. The number of rotatable bonds is 7. The number of primary amides is 2. The summed E-state index contributed by atoms with van der Waals surface area (Å²) in [6.45, 7) is -2.16. The number of aliphatic hydroxyl groups excluding tert-OH is 1. The standard InChI is InChI=1S/C32H42F2N10O12S2/c33-15-2-1-13(3-16(15)34)4-18-29(53)39-9-25(48)44-10-14(45)5-22(44)32(56)42-19(6-23(36)46)31(55)43-21(27(37)51)12-58-57-11-17(35)28(52)41-20(7-26(49)50)30(54)38-8-24(47)40-18/h1-3,14,17-22,45H,4-12,35H2,(H2,36,46)(H2,37,51)(H,38,54)(H,39,53)(H,40,47)(H,41,52)(H,42,56)(H,43,55)(H,49,50)/t14-,17-,18+,19+,20-,21-,22+/m1/s1. The van der Waals surface area contributed by atoms with Gasteiger partial charge in [0, 0.05) is 30.9 Å². The quantitative estimate of drug-likeness (QED) is 0.114. The molecule has 0 bridgehead atoms. The van der Waals surface area contributed by atoms with Gasteiger partial charge in [-0.05, 0) is 17.7 Å². The number of carbonyl (C=O) groups excluding carboxylic acids is 9. The van der Waals surface area contributed by atoms with Crippen LogP contribution in [0.3, 0.4) is 0 Å². The summed E-state index contributed by atoms with van der Waals surface area (Å²) in [5.74, 6) is -13.8. The maximum atomic E-state index is 14.0. The Labute approximate surface area is 335 Å².